The SMILES string of the molecule is CCC(C)OC(O)(C(=O)C(O)N1CCCCC1C(=O)OC(C)C(C)CC1CCC(O)C(OC)C1)C(C)C. The number of ether oxygens (including phenoxy) is 3. The van der Waals surface area contributed by atoms with Crippen LogP contribution in [0.25, 0.3) is 0 Å². The molecule has 1 saturated heterocycles. The van der Waals surface area contributed by atoms with Crippen LogP contribution < -0.4 is 0 Å². The summed E-state index contributed by atoms with van der Waals surface area (Å²) in [5, 5.41) is 32.2. The second-order valence-electron chi connectivity index (χ2n) is 11.6. The van der Waals surface area contributed by atoms with E-state index in [1.165, 1.54) is 4.90 Å². The van der Waals surface area contributed by atoms with Crippen molar-refractivity contribution in [2.45, 2.75) is 135 Å². The van der Waals surface area contributed by atoms with E-state index in [4.69, 9.17) is 14.2 Å². The molecule has 9 heteroatoms. The fourth-order valence-electron chi connectivity index (χ4n) is 5.46. The first kappa shape index (κ1) is 32.1. The minimum Gasteiger partial charge on any atom is -0.461 e. The Morgan fingerprint density at radius 1 is 1.08 bits per heavy atom. The summed E-state index contributed by atoms with van der Waals surface area (Å²) in [4.78, 5) is 28.0. The molecule has 0 aromatic rings. The van der Waals surface area contributed by atoms with Gasteiger partial charge in [0.1, 0.15) is 12.1 Å². The summed E-state index contributed by atoms with van der Waals surface area (Å²) in [6.45, 7) is 11.3. The van der Waals surface area contributed by atoms with Gasteiger partial charge in [-0.25, -0.2) is 0 Å². The van der Waals surface area contributed by atoms with Crippen LogP contribution in [0.5, 0.6) is 0 Å². The molecule has 1 heterocycles. The summed E-state index contributed by atoms with van der Waals surface area (Å²) in [6.07, 6.45) is 2.82. The van der Waals surface area contributed by atoms with Gasteiger partial charge in [0, 0.05) is 19.6 Å². The Kier molecular flexibility index (Phi) is 12.4. The largest absolute Gasteiger partial charge is 0.461 e. The van der Waals surface area contributed by atoms with Gasteiger partial charge in [0.05, 0.1) is 18.3 Å². The molecule has 1 aliphatic carbocycles. The van der Waals surface area contributed by atoms with E-state index in [9.17, 15) is 24.9 Å². The first-order chi connectivity index (χ1) is 17.3. The van der Waals surface area contributed by atoms with E-state index in [1.807, 2.05) is 13.8 Å². The van der Waals surface area contributed by atoms with Crippen molar-refractivity contribution >= 4 is 11.8 Å². The molecule has 0 spiro atoms. The second kappa shape index (κ2) is 14.3. The standard InChI is InChI=1S/C28H51NO8/c1-8-19(5)37-28(34,17(2)3)25(31)26(32)29-14-10-9-11-22(29)27(33)36-20(6)18(4)15-21-12-13-23(30)24(16-21)35-7/h17-24,26,30,32,34H,8-16H2,1-7H3. The van der Waals surface area contributed by atoms with Gasteiger partial charge >= 0.3 is 5.97 Å². The van der Waals surface area contributed by atoms with Crippen molar-refractivity contribution in [1.82, 2.24) is 4.90 Å². The highest BCUT2D eigenvalue weighted by atomic mass is 16.6. The fraction of sp³-hybridized carbons (Fsp3) is 0.929. The van der Waals surface area contributed by atoms with Crippen molar-refractivity contribution in [3.63, 3.8) is 0 Å². The molecule has 0 radical (unpaired) electrons. The highest BCUT2D eigenvalue weighted by Gasteiger charge is 2.49. The van der Waals surface area contributed by atoms with Gasteiger partial charge in [-0.2, -0.15) is 0 Å². The van der Waals surface area contributed by atoms with Crippen molar-refractivity contribution in [2.75, 3.05) is 13.7 Å². The molecule has 9 atom stereocenters. The highest BCUT2D eigenvalue weighted by Crippen LogP contribution is 2.33. The van der Waals surface area contributed by atoms with Crippen LogP contribution >= 0.6 is 0 Å². The maximum Gasteiger partial charge on any atom is 0.323 e. The van der Waals surface area contributed by atoms with Gasteiger partial charge in [-0.05, 0) is 70.6 Å². The lowest BCUT2D eigenvalue weighted by atomic mass is 9.79. The lowest BCUT2D eigenvalue weighted by Crippen LogP contribution is -2.61. The first-order valence-electron chi connectivity index (χ1n) is 14.1. The minimum atomic E-state index is -2.16. The van der Waals surface area contributed by atoms with Gasteiger partial charge in [-0.3, -0.25) is 14.5 Å². The van der Waals surface area contributed by atoms with Crippen molar-refractivity contribution in [1.29, 1.82) is 0 Å². The molecule has 1 saturated carbocycles. The molecule has 2 rings (SSSR count). The third-order valence-corrected chi connectivity index (χ3v) is 8.43. The number of esters is 1. The molecule has 0 aromatic heterocycles. The van der Waals surface area contributed by atoms with Crippen molar-refractivity contribution < 1.29 is 39.1 Å². The van der Waals surface area contributed by atoms with Crippen LogP contribution in [0, 0.1) is 17.8 Å². The fourth-order valence-corrected chi connectivity index (χ4v) is 5.46. The maximum absolute atomic E-state index is 13.3. The van der Waals surface area contributed by atoms with E-state index in [-0.39, 0.29) is 24.2 Å². The van der Waals surface area contributed by atoms with E-state index in [1.54, 1.807) is 27.9 Å². The van der Waals surface area contributed by atoms with Crippen LogP contribution in [-0.4, -0.2) is 88.1 Å². The van der Waals surface area contributed by atoms with E-state index in [2.05, 4.69) is 6.92 Å². The number of Topliss-reactive ketones (excluding diaryl/α,β-unsaturated/α-hetero) is 1. The third-order valence-electron chi connectivity index (χ3n) is 8.43. The lowest BCUT2D eigenvalue weighted by Gasteiger charge is -2.41. The number of methoxy groups -OCH3 is 1. The molecule has 0 aromatic carbocycles. The molecular formula is C28H51NO8. The van der Waals surface area contributed by atoms with Gasteiger partial charge in [-0.15, -0.1) is 0 Å². The Balaban J connectivity index is 2.04. The van der Waals surface area contributed by atoms with Crippen LogP contribution in [0.15, 0.2) is 0 Å². The van der Waals surface area contributed by atoms with Crippen LogP contribution in [0.1, 0.15) is 92.9 Å². The van der Waals surface area contributed by atoms with Crippen LogP contribution in [0.3, 0.4) is 0 Å². The topological polar surface area (TPSA) is 126 Å². The number of carbonyl (C=O) groups excluding carboxylic acids is 2. The summed E-state index contributed by atoms with van der Waals surface area (Å²) in [5.41, 5.74) is 0. The summed E-state index contributed by atoms with van der Waals surface area (Å²) < 4.78 is 17.0. The van der Waals surface area contributed by atoms with Gasteiger partial charge in [0.2, 0.25) is 11.6 Å². The predicted octanol–water partition coefficient (Wildman–Crippen LogP) is 3.02. The molecule has 37 heavy (non-hydrogen) atoms. The Morgan fingerprint density at radius 3 is 2.35 bits per heavy atom. The van der Waals surface area contributed by atoms with Crippen molar-refractivity contribution in [3.8, 4) is 0 Å². The average molecular weight is 530 g/mol. The number of piperidine rings is 1. The number of ketones is 1. The molecule has 2 aliphatic rings. The van der Waals surface area contributed by atoms with Gasteiger partial charge < -0.3 is 29.5 Å². The molecule has 9 unspecified atom stereocenters. The van der Waals surface area contributed by atoms with E-state index < -0.39 is 41.8 Å². The Bertz CT molecular complexity index is 733. The number of nitrogens with zero attached hydrogens (tertiary/aromatic N) is 1. The molecular weight excluding hydrogens is 478 g/mol. The quantitative estimate of drug-likeness (QED) is 0.244. The zero-order valence-electron chi connectivity index (χ0n) is 23.9. The molecule has 2 fully saturated rings. The smallest absolute Gasteiger partial charge is 0.323 e. The van der Waals surface area contributed by atoms with Gasteiger partial charge in [-0.1, -0.05) is 34.1 Å². The number of carbonyl (C=O) groups is 2. The van der Waals surface area contributed by atoms with E-state index in [0.717, 1.165) is 32.1 Å². The Hall–Kier alpha value is -1.10. The van der Waals surface area contributed by atoms with Gasteiger partial charge in [0.15, 0.2) is 6.23 Å². The zero-order valence-corrected chi connectivity index (χ0v) is 23.9. The molecule has 216 valence electrons. The van der Waals surface area contributed by atoms with Crippen LogP contribution in [0.4, 0.5) is 0 Å². The number of hydrogen-bond acceptors (Lipinski definition) is 9. The predicted molar refractivity (Wildman–Crippen MR) is 139 cm³/mol. The lowest BCUT2D eigenvalue weighted by molar-refractivity contribution is -0.251. The summed E-state index contributed by atoms with van der Waals surface area (Å²) in [7, 11) is 1.62. The monoisotopic (exact) mass is 529 g/mol. The van der Waals surface area contributed by atoms with Crippen LogP contribution in [-0.2, 0) is 23.8 Å². The van der Waals surface area contributed by atoms with Crippen molar-refractivity contribution in [2.24, 2.45) is 17.8 Å². The molecule has 1 aliphatic heterocycles. The molecule has 0 bridgehead atoms. The van der Waals surface area contributed by atoms with Gasteiger partial charge in [0.25, 0.3) is 0 Å². The zero-order chi connectivity index (χ0) is 27.9. The van der Waals surface area contributed by atoms with Crippen LogP contribution in [0.2, 0.25) is 0 Å². The Labute approximate surface area is 222 Å². The number of hydrogen-bond donors (Lipinski definition) is 3. The number of likely N-dealkylation sites (tertiary alicyclic amines) is 1. The summed E-state index contributed by atoms with van der Waals surface area (Å²) in [6, 6.07) is -0.773. The summed E-state index contributed by atoms with van der Waals surface area (Å²) in [5.74, 6) is -3.57. The van der Waals surface area contributed by atoms with E-state index >= 15 is 0 Å². The average Bonchev–Trinajstić information content (AvgIpc) is 2.88. The highest BCUT2D eigenvalue weighted by molar-refractivity contribution is 5.90. The summed E-state index contributed by atoms with van der Waals surface area (Å²) >= 11 is 0. The van der Waals surface area contributed by atoms with Crippen molar-refractivity contribution in [3.05, 3.63) is 0 Å². The molecule has 9 nitrogen and oxygen atoms in total. The van der Waals surface area contributed by atoms with E-state index in [0.29, 0.717) is 31.7 Å². The molecule has 3 N–H and O–H groups in total. The normalized spacial score (nSPS) is 30.2. The number of rotatable bonds is 13. The second-order valence-corrected chi connectivity index (χ2v) is 11.6. The third kappa shape index (κ3) is 8.19. The number of aliphatic hydroxyl groups is 3. The number of aliphatic hydroxyl groups excluding tert-OH is 2. The molecule has 0 amide bonds. The maximum atomic E-state index is 13.3. The minimum absolute atomic E-state index is 0.0975. The Morgan fingerprint density at radius 2 is 1.76 bits per heavy atom. The first-order valence-corrected chi connectivity index (χ1v) is 14.1.